The second kappa shape index (κ2) is 6.74. The molecule has 1 amide bonds. The van der Waals surface area contributed by atoms with E-state index in [-0.39, 0.29) is 12.3 Å². The number of nitrogens with one attached hydrogen (secondary N) is 1. The average molecular weight is 314 g/mol. The number of nitriles is 1. The highest BCUT2D eigenvalue weighted by Crippen LogP contribution is 2.26. The number of nitrogens with zero attached hydrogens (tertiary/aromatic N) is 1. The minimum absolute atomic E-state index is 0.175. The number of amides is 1. The highest BCUT2D eigenvalue weighted by Gasteiger charge is 2.27. The second-order valence-corrected chi connectivity index (χ2v) is 6.39. The Kier molecular flexibility index (Phi) is 4.95. The molecule has 2 rings (SSSR count). The molecule has 23 heavy (non-hydrogen) atoms. The van der Waals surface area contributed by atoms with Crippen molar-refractivity contribution in [2.24, 2.45) is 5.92 Å². The van der Waals surface area contributed by atoms with Crippen LogP contribution in [0.15, 0.2) is 28.9 Å². The quantitative estimate of drug-likeness (QED) is 0.886. The number of hydrogen-bond donors (Lipinski definition) is 1. The van der Waals surface area contributed by atoms with Crippen molar-refractivity contribution in [1.82, 2.24) is 5.32 Å². The van der Waals surface area contributed by atoms with Gasteiger partial charge in [0.1, 0.15) is 16.9 Å². The van der Waals surface area contributed by atoms with Gasteiger partial charge >= 0.3 is 0 Å². The summed E-state index contributed by atoms with van der Waals surface area (Å²) in [6.45, 7) is 5.81. The Balaban J connectivity index is 2.13. The van der Waals surface area contributed by atoms with Crippen LogP contribution in [-0.4, -0.2) is 18.6 Å². The SMILES string of the molecule is COc1ccc2c(CC(=O)N[C@@](C)(C#N)CC(C)C)coc2c1. The molecular weight excluding hydrogens is 292 g/mol. The minimum atomic E-state index is -0.853. The van der Waals surface area contributed by atoms with Gasteiger partial charge in [-0.3, -0.25) is 4.79 Å². The fraction of sp³-hybridized carbons (Fsp3) is 0.444. The van der Waals surface area contributed by atoms with Gasteiger partial charge < -0.3 is 14.5 Å². The first-order valence-corrected chi connectivity index (χ1v) is 7.63. The van der Waals surface area contributed by atoms with E-state index in [0.29, 0.717) is 23.7 Å². The van der Waals surface area contributed by atoms with Crippen LogP contribution in [0.5, 0.6) is 5.75 Å². The van der Waals surface area contributed by atoms with Crippen molar-refractivity contribution in [2.45, 2.75) is 39.2 Å². The molecule has 1 atom stereocenters. The lowest BCUT2D eigenvalue weighted by molar-refractivity contribution is -0.121. The summed E-state index contributed by atoms with van der Waals surface area (Å²) >= 11 is 0. The summed E-state index contributed by atoms with van der Waals surface area (Å²) in [6, 6.07) is 7.69. The Morgan fingerprint density at radius 3 is 2.83 bits per heavy atom. The lowest BCUT2D eigenvalue weighted by Gasteiger charge is -2.25. The lowest BCUT2D eigenvalue weighted by Crippen LogP contribution is -2.46. The molecule has 1 N–H and O–H groups in total. The number of hydrogen-bond acceptors (Lipinski definition) is 4. The van der Waals surface area contributed by atoms with Gasteiger partial charge in [0.15, 0.2) is 0 Å². The van der Waals surface area contributed by atoms with Gasteiger partial charge in [-0.15, -0.1) is 0 Å². The van der Waals surface area contributed by atoms with Crippen LogP contribution in [0.2, 0.25) is 0 Å². The maximum absolute atomic E-state index is 12.3. The third-order valence-corrected chi connectivity index (χ3v) is 3.69. The van der Waals surface area contributed by atoms with Gasteiger partial charge in [0.2, 0.25) is 5.91 Å². The molecule has 5 nitrogen and oxygen atoms in total. The molecule has 0 bridgehead atoms. The Bertz CT molecular complexity index is 742. The monoisotopic (exact) mass is 314 g/mol. The van der Waals surface area contributed by atoms with Gasteiger partial charge in [-0.1, -0.05) is 13.8 Å². The summed E-state index contributed by atoms with van der Waals surface area (Å²) in [5, 5.41) is 13.1. The predicted molar refractivity (Wildman–Crippen MR) is 88.1 cm³/mol. The van der Waals surface area contributed by atoms with Gasteiger partial charge in [0.05, 0.1) is 25.9 Å². The summed E-state index contributed by atoms with van der Waals surface area (Å²) in [4.78, 5) is 12.3. The number of methoxy groups -OCH3 is 1. The number of furan rings is 1. The normalized spacial score (nSPS) is 13.6. The summed E-state index contributed by atoms with van der Waals surface area (Å²) in [5.74, 6) is 0.840. The van der Waals surface area contributed by atoms with Crippen LogP contribution in [-0.2, 0) is 11.2 Å². The van der Waals surface area contributed by atoms with Gasteiger partial charge in [-0.25, -0.2) is 0 Å². The first-order valence-electron chi connectivity index (χ1n) is 7.63. The zero-order valence-electron chi connectivity index (χ0n) is 14.0. The molecule has 5 heteroatoms. The van der Waals surface area contributed by atoms with Crippen LogP contribution in [0, 0.1) is 17.2 Å². The lowest BCUT2D eigenvalue weighted by atomic mass is 9.92. The molecule has 0 saturated heterocycles. The van der Waals surface area contributed by atoms with Crippen LogP contribution in [0.4, 0.5) is 0 Å². The highest BCUT2D eigenvalue weighted by atomic mass is 16.5. The highest BCUT2D eigenvalue weighted by molar-refractivity contribution is 5.88. The van der Waals surface area contributed by atoms with Gasteiger partial charge in [-0.05, 0) is 31.4 Å². The molecule has 0 aliphatic heterocycles. The molecule has 0 fully saturated rings. The van der Waals surface area contributed by atoms with Crippen molar-refractivity contribution >= 4 is 16.9 Å². The fourth-order valence-corrected chi connectivity index (χ4v) is 2.79. The van der Waals surface area contributed by atoms with E-state index in [4.69, 9.17) is 9.15 Å². The van der Waals surface area contributed by atoms with Gasteiger partial charge in [0, 0.05) is 17.0 Å². The van der Waals surface area contributed by atoms with E-state index in [9.17, 15) is 10.1 Å². The zero-order chi connectivity index (χ0) is 17.0. The molecule has 0 aliphatic carbocycles. The van der Waals surface area contributed by atoms with Gasteiger partial charge in [0.25, 0.3) is 0 Å². The molecule has 0 unspecified atom stereocenters. The summed E-state index contributed by atoms with van der Waals surface area (Å²) in [6.07, 6.45) is 2.36. The molecule has 1 heterocycles. The molecule has 2 aromatic rings. The van der Waals surface area contributed by atoms with Crippen molar-refractivity contribution in [2.75, 3.05) is 7.11 Å². The Labute approximate surface area is 136 Å². The van der Waals surface area contributed by atoms with E-state index in [2.05, 4.69) is 11.4 Å². The maximum atomic E-state index is 12.3. The zero-order valence-corrected chi connectivity index (χ0v) is 14.0. The molecule has 0 spiro atoms. The summed E-state index contributed by atoms with van der Waals surface area (Å²) in [7, 11) is 1.59. The Morgan fingerprint density at radius 2 is 2.22 bits per heavy atom. The van der Waals surface area contributed by atoms with Crippen LogP contribution >= 0.6 is 0 Å². The second-order valence-electron chi connectivity index (χ2n) is 6.39. The maximum Gasteiger partial charge on any atom is 0.225 e. The average Bonchev–Trinajstić information content (AvgIpc) is 2.88. The van der Waals surface area contributed by atoms with Crippen molar-refractivity contribution in [3.05, 3.63) is 30.0 Å². The van der Waals surface area contributed by atoms with Gasteiger partial charge in [-0.2, -0.15) is 5.26 Å². The van der Waals surface area contributed by atoms with Crippen molar-refractivity contribution < 1.29 is 13.9 Å². The third kappa shape index (κ3) is 4.04. The smallest absolute Gasteiger partial charge is 0.225 e. The largest absolute Gasteiger partial charge is 0.497 e. The first kappa shape index (κ1) is 16.9. The van der Waals surface area contributed by atoms with Crippen molar-refractivity contribution in [3.8, 4) is 11.8 Å². The third-order valence-electron chi connectivity index (χ3n) is 3.69. The number of carbonyl (C=O) groups is 1. The number of ether oxygens (including phenoxy) is 1. The first-order chi connectivity index (χ1) is 10.9. The van der Waals surface area contributed by atoms with Crippen LogP contribution in [0.3, 0.4) is 0 Å². The molecule has 1 aromatic heterocycles. The topological polar surface area (TPSA) is 75.3 Å². The molecule has 0 aliphatic rings. The predicted octanol–water partition coefficient (Wildman–Crippen LogP) is 3.43. The Hall–Kier alpha value is -2.48. The fourth-order valence-electron chi connectivity index (χ4n) is 2.79. The van der Waals surface area contributed by atoms with Crippen molar-refractivity contribution in [1.29, 1.82) is 5.26 Å². The summed E-state index contributed by atoms with van der Waals surface area (Å²) in [5.41, 5.74) is 0.621. The number of fused-ring (bicyclic) bond motifs is 1. The van der Waals surface area contributed by atoms with E-state index in [1.165, 1.54) is 0 Å². The molecule has 0 saturated carbocycles. The van der Waals surface area contributed by atoms with E-state index < -0.39 is 5.54 Å². The molecule has 1 aromatic carbocycles. The van der Waals surface area contributed by atoms with E-state index in [1.54, 1.807) is 26.4 Å². The van der Waals surface area contributed by atoms with E-state index >= 15 is 0 Å². The summed E-state index contributed by atoms with van der Waals surface area (Å²) < 4.78 is 10.6. The van der Waals surface area contributed by atoms with Crippen LogP contribution in [0.1, 0.15) is 32.8 Å². The van der Waals surface area contributed by atoms with Crippen LogP contribution < -0.4 is 10.1 Å². The number of rotatable bonds is 6. The van der Waals surface area contributed by atoms with E-state index in [1.807, 2.05) is 26.0 Å². The molecule has 122 valence electrons. The molecular formula is C18H22N2O3. The minimum Gasteiger partial charge on any atom is -0.497 e. The Morgan fingerprint density at radius 1 is 1.48 bits per heavy atom. The number of carbonyl (C=O) groups excluding carboxylic acids is 1. The molecule has 0 radical (unpaired) electrons. The standard InChI is InChI=1S/C18H22N2O3/c1-12(2)9-18(3,11-19)20-17(21)7-13-10-23-16-8-14(22-4)5-6-15(13)16/h5-6,8,10,12H,7,9H2,1-4H3,(H,20,21)/t18-/m1/s1. The van der Waals surface area contributed by atoms with E-state index in [0.717, 1.165) is 10.9 Å². The van der Waals surface area contributed by atoms with Crippen molar-refractivity contribution in [3.63, 3.8) is 0 Å². The van der Waals surface area contributed by atoms with Crippen LogP contribution in [0.25, 0.3) is 11.0 Å². The number of benzene rings is 1.